The molecule has 1 fully saturated rings. The van der Waals surface area contributed by atoms with Crippen LogP contribution in [0.3, 0.4) is 0 Å². The average molecular weight is 515 g/mol. The molecule has 160 valence electrons. The van der Waals surface area contributed by atoms with E-state index in [-0.39, 0.29) is 24.0 Å². The van der Waals surface area contributed by atoms with Gasteiger partial charge in [0.2, 0.25) is 0 Å². The Kier molecular flexibility index (Phi) is 9.68. The highest BCUT2D eigenvalue weighted by molar-refractivity contribution is 14.0. The first-order valence-corrected chi connectivity index (χ1v) is 9.66. The number of ether oxygens (including phenoxy) is 1. The van der Waals surface area contributed by atoms with E-state index in [9.17, 15) is 5.11 Å². The minimum atomic E-state index is -0.669. The van der Waals surface area contributed by atoms with Gasteiger partial charge in [0, 0.05) is 45.3 Å². The number of benzene rings is 1. The van der Waals surface area contributed by atoms with E-state index < -0.39 is 6.10 Å². The Morgan fingerprint density at radius 3 is 2.76 bits per heavy atom. The van der Waals surface area contributed by atoms with Crippen molar-refractivity contribution in [3.05, 3.63) is 47.9 Å². The molecule has 29 heavy (non-hydrogen) atoms. The second kappa shape index (κ2) is 12.0. The summed E-state index contributed by atoms with van der Waals surface area (Å²) < 4.78 is 10.1. The fourth-order valence-corrected chi connectivity index (χ4v) is 3.22. The Morgan fingerprint density at radius 2 is 2.10 bits per heavy atom. The summed E-state index contributed by atoms with van der Waals surface area (Å²) in [6.45, 7) is 7.53. The van der Waals surface area contributed by atoms with Gasteiger partial charge in [-0.1, -0.05) is 17.3 Å². The third-order valence-corrected chi connectivity index (χ3v) is 4.78. The number of aliphatic hydroxyl groups is 1. The van der Waals surface area contributed by atoms with Crippen LogP contribution in [0.1, 0.15) is 24.3 Å². The number of aliphatic hydroxyl groups excluding tert-OH is 1. The summed E-state index contributed by atoms with van der Waals surface area (Å²) in [4.78, 5) is 9.25. The molecular formula is C20H30IN5O3. The van der Waals surface area contributed by atoms with E-state index in [0.29, 0.717) is 6.54 Å². The molecule has 1 aromatic carbocycles. The van der Waals surface area contributed by atoms with Crippen molar-refractivity contribution >= 4 is 29.9 Å². The maximum absolute atomic E-state index is 10.5. The maximum atomic E-state index is 10.5. The van der Waals surface area contributed by atoms with E-state index in [4.69, 9.17) is 9.26 Å². The summed E-state index contributed by atoms with van der Waals surface area (Å²) in [6, 6.07) is 9.37. The SMILES string of the molecule is CCNC(=NCC(O)c1cccc(OC)c1)N1CCN(Cc2ccon2)CC1.I. The second-order valence-corrected chi connectivity index (χ2v) is 6.74. The molecule has 2 N–H and O–H groups in total. The zero-order chi connectivity index (χ0) is 19.8. The summed E-state index contributed by atoms with van der Waals surface area (Å²) in [5.41, 5.74) is 1.76. The molecule has 3 rings (SSSR count). The smallest absolute Gasteiger partial charge is 0.194 e. The molecule has 2 heterocycles. The third-order valence-electron chi connectivity index (χ3n) is 4.78. The third kappa shape index (κ3) is 6.86. The van der Waals surface area contributed by atoms with Gasteiger partial charge in [-0.2, -0.15) is 0 Å². The first-order chi connectivity index (χ1) is 13.7. The van der Waals surface area contributed by atoms with Crippen LogP contribution in [0.25, 0.3) is 0 Å². The zero-order valence-electron chi connectivity index (χ0n) is 17.0. The molecular weight excluding hydrogens is 485 g/mol. The number of aliphatic imine (C=N–C) groups is 1. The van der Waals surface area contributed by atoms with E-state index in [0.717, 1.165) is 62.2 Å². The van der Waals surface area contributed by atoms with Crippen LogP contribution in [0, 0.1) is 0 Å². The lowest BCUT2D eigenvalue weighted by molar-refractivity contribution is 0.166. The second-order valence-electron chi connectivity index (χ2n) is 6.74. The van der Waals surface area contributed by atoms with Gasteiger partial charge in [0.15, 0.2) is 5.96 Å². The summed E-state index contributed by atoms with van der Waals surface area (Å²) in [5, 5.41) is 17.8. The molecule has 0 amide bonds. The predicted octanol–water partition coefficient (Wildman–Crippen LogP) is 2.12. The number of hydrogen-bond acceptors (Lipinski definition) is 6. The molecule has 2 aromatic rings. The lowest BCUT2D eigenvalue weighted by Crippen LogP contribution is -2.52. The van der Waals surface area contributed by atoms with Gasteiger partial charge >= 0.3 is 0 Å². The molecule has 1 unspecified atom stereocenters. The summed E-state index contributed by atoms with van der Waals surface area (Å²) in [6.07, 6.45) is 0.937. The molecule has 1 saturated heterocycles. The van der Waals surface area contributed by atoms with E-state index in [2.05, 4.69) is 32.2 Å². The van der Waals surface area contributed by atoms with Gasteiger partial charge in [-0.25, -0.2) is 0 Å². The monoisotopic (exact) mass is 515 g/mol. The minimum absolute atomic E-state index is 0. The topological polar surface area (TPSA) is 86.4 Å². The summed E-state index contributed by atoms with van der Waals surface area (Å²) in [7, 11) is 1.62. The standard InChI is InChI=1S/C20H29N5O3.HI/c1-3-21-20(22-14-19(26)16-5-4-6-18(13-16)27-2)25-10-8-24(9-11-25)15-17-7-12-28-23-17;/h4-7,12-13,19,26H,3,8-11,14-15H2,1-2H3,(H,21,22);1H. The molecule has 1 atom stereocenters. The van der Waals surface area contributed by atoms with Crippen LogP contribution in [-0.2, 0) is 6.54 Å². The minimum Gasteiger partial charge on any atom is -0.497 e. The van der Waals surface area contributed by atoms with Crippen molar-refractivity contribution in [2.24, 2.45) is 4.99 Å². The first-order valence-electron chi connectivity index (χ1n) is 9.66. The highest BCUT2D eigenvalue weighted by atomic mass is 127. The Morgan fingerprint density at radius 1 is 1.31 bits per heavy atom. The Hall–Kier alpha value is -1.85. The number of aromatic nitrogens is 1. The quantitative estimate of drug-likeness (QED) is 0.332. The van der Waals surface area contributed by atoms with Gasteiger partial charge in [0.1, 0.15) is 12.0 Å². The average Bonchev–Trinajstić information content (AvgIpc) is 3.24. The van der Waals surface area contributed by atoms with Gasteiger partial charge in [-0.15, -0.1) is 24.0 Å². The number of hydrogen-bond donors (Lipinski definition) is 2. The van der Waals surface area contributed by atoms with Crippen molar-refractivity contribution in [1.82, 2.24) is 20.3 Å². The Labute approximate surface area is 188 Å². The van der Waals surface area contributed by atoms with Gasteiger partial charge in [-0.05, 0) is 24.6 Å². The molecule has 1 aliphatic rings. The highest BCUT2D eigenvalue weighted by Crippen LogP contribution is 2.19. The number of piperazine rings is 1. The number of halogens is 1. The number of guanidine groups is 1. The molecule has 0 bridgehead atoms. The van der Waals surface area contributed by atoms with Crippen molar-refractivity contribution in [2.45, 2.75) is 19.6 Å². The molecule has 0 spiro atoms. The fraction of sp³-hybridized carbons (Fsp3) is 0.500. The first kappa shape index (κ1) is 23.4. The number of rotatable bonds is 7. The van der Waals surface area contributed by atoms with E-state index in [1.807, 2.05) is 30.3 Å². The van der Waals surface area contributed by atoms with E-state index >= 15 is 0 Å². The van der Waals surface area contributed by atoms with Crippen LogP contribution in [0.2, 0.25) is 0 Å². The largest absolute Gasteiger partial charge is 0.497 e. The molecule has 1 aromatic heterocycles. The maximum Gasteiger partial charge on any atom is 0.194 e. The molecule has 9 heteroatoms. The molecule has 8 nitrogen and oxygen atoms in total. The van der Waals surface area contributed by atoms with Crippen LogP contribution in [0.5, 0.6) is 5.75 Å². The zero-order valence-corrected chi connectivity index (χ0v) is 19.3. The van der Waals surface area contributed by atoms with Crippen molar-refractivity contribution < 1.29 is 14.4 Å². The van der Waals surface area contributed by atoms with Crippen LogP contribution in [-0.4, -0.2) is 72.4 Å². The van der Waals surface area contributed by atoms with Crippen molar-refractivity contribution in [1.29, 1.82) is 0 Å². The number of nitrogens with zero attached hydrogens (tertiary/aromatic N) is 4. The normalized spacial score (nSPS) is 16.2. The van der Waals surface area contributed by atoms with Crippen LogP contribution in [0.4, 0.5) is 0 Å². The molecule has 0 aliphatic carbocycles. The van der Waals surface area contributed by atoms with Crippen LogP contribution >= 0.6 is 24.0 Å². The predicted molar refractivity (Wildman–Crippen MR) is 123 cm³/mol. The molecule has 0 saturated carbocycles. The van der Waals surface area contributed by atoms with Gasteiger partial charge in [-0.3, -0.25) is 9.89 Å². The number of methoxy groups -OCH3 is 1. The fourth-order valence-electron chi connectivity index (χ4n) is 3.22. The Balaban J connectivity index is 0.00000300. The lowest BCUT2D eigenvalue weighted by atomic mass is 10.1. The van der Waals surface area contributed by atoms with Crippen molar-refractivity contribution in [2.75, 3.05) is 46.4 Å². The van der Waals surface area contributed by atoms with Gasteiger partial charge < -0.3 is 24.6 Å². The van der Waals surface area contributed by atoms with Crippen molar-refractivity contribution in [3.8, 4) is 5.75 Å². The molecule has 0 radical (unpaired) electrons. The summed E-state index contributed by atoms with van der Waals surface area (Å²) in [5.74, 6) is 1.57. The van der Waals surface area contributed by atoms with Crippen LogP contribution < -0.4 is 10.1 Å². The highest BCUT2D eigenvalue weighted by Gasteiger charge is 2.20. The van der Waals surface area contributed by atoms with Crippen LogP contribution in [0.15, 0.2) is 46.1 Å². The van der Waals surface area contributed by atoms with Gasteiger partial charge in [0.05, 0.1) is 25.5 Å². The van der Waals surface area contributed by atoms with E-state index in [1.54, 1.807) is 13.4 Å². The Bertz CT molecular complexity index is 748. The number of nitrogens with one attached hydrogen (secondary N) is 1. The lowest BCUT2D eigenvalue weighted by Gasteiger charge is -2.36. The summed E-state index contributed by atoms with van der Waals surface area (Å²) >= 11 is 0. The van der Waals surface area contributed by atoms with E-state index in [1.165, 1.54) is 0 Å². The van der Waals surface area contributed by atoms with Crippen molar-refractivity contribution in [3.63, 3.8) is 0 Å². The van der Waals surface area contributed by atoms with Gasteiger partial charge in [0.25, 0.3) is 0 Å². The molecule has 1 aliphatic heterocycles.